The third-order valence-electron chi connectivity index (χ3n) is 4.49. The summed E-state index contributed by atoms with van der Waals surface area (Å²) < 4.78 is 11.7. The zero-order valence-electron chi connectivity index (χ0n) is 16.3. The Balaban J connectivity index is 1.86. The average Bonchev–Trinajstić information content (AvgIpc) is 2.68. The zero-order chi connectivity index (χ0) is 20.4. The summed E-state index contributed by atoms with van der Waals surface area (Å²) in [4.78, 5) is 28.6. The van der Waals surface area contributed by atoms with Gasteiger partial charge in [0.15, 0.2) is 12.2 Å². The number of hydrogen-bond acceptors (Lipinski definition) is 4. The predicted molar refractivity (Wildman–Crippen MR) is 108 cm³/mol. The third kappa shape index (κ3) is 4.07. The van der Waals surface area contributed by atoms with Gasteiger partial charge in [-0.15, -0.1) is 0 Å². The largest absolute Gasteiger partial charge is 0.479 e. The minimum absolute atomic E-state index is 0.113. The highest BCUT2D eigenvalue weighted by Gasteiger charge is 2.36. The predicted octanol–water partition coefficient (Wildman–Crippen LogP) is 3.30. The lowest BCUT2D eigenvalue weighted by Crippen LogP contribution is -2.52. The van der Waals surface area contributed by atoms with E-state index in [1.54, 1.807) is 56.3 Å². The van der Waals surface area contributed by atoms with Crippen LogP contribution in [0.4, 0.5) is 5.69 Å². The molecule has 0 saturated heterocycles. The van der Waals surface area contributed by atoms with Crippen molar-refractivity contribution in [2.45, 2.75) is 26.1 Å². The first-order valence-electron chi connectivity index (χ1n) is 8.99. The number of carbonyl (C=O) groups is 2. The van der Waals surface area contributed by atoms with Crippen molar-refractivity contribution in [2.75, 3.05) is 25.5 Å². The number of benzene rings is 2. The van der Waals surface area contributed by atoms with Gasteiger partial charge in [-0.05, 0) is 43.7 Å². The summed E-state index contributed by atoms with van der Waals surface area (Å²) in [7, 11) is 3.31. The van der Waals surface area contributed by atoms with Gasteiger partial charge in [-0.2, -0.15) is 0 Å². The molecule has 2 atom stereocenters. The molecule has 1 heterocycles. The number of amides is 2. The quantitative estimate of drug-likeness (QED) is 0.787. The molecular formula is C21H23ClN2O4. The summed E-state index contributed by atoms with van der Waals surface area (Å²) in [5.41, 5.74) is 1.59. The van der Waals surface area contributed by atoms with Gasteiger partial charge in [-0.1, -0.05) is 29.8 Å². The number of hydrogen-bond donors (Lipinski definition) is 0. The van der Waals surface area contributed by atoms with E-state index >= 15 is 0 Å². The maximum absolute atomic E-state index is 13.2. The van der Waals surface area contributed by atoms with E-state index in [1.165, 1.54) is 4.90 Å². The van der Waals surface area contributed by atoms with E-state index in [0.717, 1.165) is 5.56 Å². The Kier molecular flexibility index (Phi) is 5.79. The van der Waals surface area contributed by atoms with Crippen LogP contribution in [0.3, 0.4) is 0 Å². The molecule has 28 heavy (non-hydrogen) atoms. The van der Waals surface area contributed by atoms with Crippen molar-refractivity contribution in [3.63, 3.8) is 0 Å². The minimum atomic E-state index is -0.791. The maximum atomic E-state index is 13.2. The molecule has 0 aromatic heterocycles. The van der Waals surface area contributed by atoms with Crippen molar-refractivity contribution in [1.82, 2.24) is 4.90 Å². The average molecular weight is 403 g/mol. The van der Waals surface area contributed by atoms with Crippen molar-refractivity contribution in [3.8, 4) is 11.5 Å². The molecule has 0 N–H and O–H groups in total. The molecule has 148 valence electrons. The van der Waals surface area contributed by atoms with Crippen LogP contribution >= 0.6 is 11.6 Å². The molecule has 2 aromatic rings. The van der Waals surface area contributed by atoms with E-state index in [4.69, 9.17) is 21.1 Å². The number of nitrogens with zero attached hydrogens (tertiary/aromatic N) is 2. The van der Waals surface area contributed by atoms with Crippen molar-refractivity contribution < 1.29 is 19.1 Å². The molecule has 0 spiro atoms. The minimum Gasteiger partial charge on any atom is -0.479 e. The van der Waals surface area contributed by atoms with Gasteiger partial charge in [0, 0.05) is 14.1 Å². The molecular weight excluding hydrogens is 380 g/mol. The van der Waals surface area contributed by atoms with Gasteiger partial charge in [0.25, 0.3) is 11.8 Å². The van der Waals surface area contributed by atoms with Crippen LogP contribution in [0.2, 0.25) is 5.02 Å². The molecule has 7 heteroatoms. The lowest BCUT2D eigenvalue weighted by atomic mass is 10.1. The lowest BCUT2D eigenvalue weighted by Gasteiger charge is -2.36. The van der Waals surface area contributed by atoms with Gasteiger partial charge < -0.3 is 19.3 Å². The van der Waals surface area contributed by atoms with Gasteiger partial charge in [0.05, 0.1) is 17.3 Å². The van der Waals surface area contributed by atoms with Gasteiger partial charge >= 0.3 is 0 Å². The number of rotatable bonds is 4. The number of aryl methyl sites for hydroxylation is 1. The summed E-state index contributed by atoms with van der Waals surface area (Å²) in [6, 6.07) is 12.5. The molecule has 0 unspecified atom stereocenters. The maximum Gasteiger partial charge on any atom is 0.268 e. The fourth-order valence-electron chi connectivity index (χ4n) is 3.02. The summed E-state index contributed by atoms with van der Waals surface area (Å²) in [6.45, 7) is 3.70. The molecule has 0 fully saturated rings. The lowest BCUT2D eigenvalue weighted by molar-refractivity contribution is -0.136. The Morgan fingerprint density at radius 2 is 1.96 bits per heavy atom. The van der Waals surface area contributed by atoms with Crippen molar-refractivity contribution >= 4 is 29.1 Å². The number of ether oxygens (including phenoxy) is 2. The first kappa shape index (κ1) is 20.0. The van der Waals surface area contributed by atoms with E-state index in [2.05, 4.69) is 0 Å². The molecule has 1 aliphatic rings. The highest BCUT2D eigenvalue weighted by atomic mass is 35.5. The van der Waals surface area contributed by atoms with Crippen LogP contribution < -0.4 is 14.4 Å². The van der Waals surface area contributed by atoms with E-state index < -0.39 is 12.2 Å². The Bertz CT molecular complexity index is 900. The summed E-state index contributed by atoms with van der Waals surface area (Å²) >= 11 is 6.19. The second-order valence-electron chi connectivity index (χ2n) is 6.95. The van der Waals surface area contributed by atoms with Crippen LogP contribution in [0, 0.1) is 6.92 Å². The fraction of sp³-hybridized carbons (Fsp3) is 0.333. The van der Waals surface area contributed by atoms with Crippen LogP contribution in [-0.2, 0) is 9.59 Å². The molecule has 0 aliphatic carbocycles. The van der Waals surface area contributed by atoms with E-state index in [1.807, 2.05) is 19.1 Å². The molecule has 0 bridgehead atoms. The Morgan fingerprint density at radius 1 is 1.25 bits per heavy atom. The van der Waals surface area contributed by atoms with Crippen LogP contribution in [0.1, 0.15) is 12.5 Å². The zero-order valence-corrected chi connectivity index (χ0v) is 17.1. The number of para-hydroxylation sites is 2. The molecule has 3 rings (SSSR count). The van der Waals surface area contributed by atoms with Crippen LogP contribution in [0.25, 0.3) is 0 Å². The molecule has 1 aliphatic heterocycles. The monoisotopic (exact) mass is 402 g/mol. The highest BCUT2D eigenvalue weighted by Crippen LogP contribution is 2.34. The van der Waals surface area contributed by atoms with Gasteiger partial charge in [0.2, 0.25) is 0 Å². The molecule has 0 saturated carbocycles. The Labute approximate surface area is 169 Å². The Morgan fingerprint density at radius 3 is 2.68 bits per heavy atom. The fourth-order valence-corrected chi connectivity index (χ4v) is 3.18. The van der Waals surface area contributed by atoms with Crippen molar-refractivity contribution in [2.24, 2.45) is 0 Å². The second kappa shape index (κ2) is 8.10. The number of anilines is 1. The number of fused-ring (bicyclic) bond motifs is 1. The van der Waals surface area contributed by atoms with E-state index in [9.17, 15) is 9.59 Å². The van der Waals surface area contributed by atoms with Crippen LogP contribution in [0.15, 0.2) is 42.5 Å². The second-order valence-corrected chi connectivity index (χ2v) is 7.36. The smallest absolute Gasteiger partial charge is 0.268 e. The number of halogens is 1. The van der Waals surface area contributed by atoms with Crippen molar-refractivity contribution in [3.05, 3.63) is 53.1 Å². The number of carbonyl (C=O) groups excluding carboxylic acids is 2. The van der Waals surface area contributed by atoms with Gasteiger partial charge in [-0.25, -0.2) is 0 Å². The van der Waals surface area contributed by atoms with E-state index in [-0.39, 0.29) is 18.4 Å². The summed E-state index contributed by atoms with van der Waals surface area (Å²) in [6.07, 6.45) is -1.57. The van der Waals surface area contributed by atoms with Gasteiger partial charge in [-0.3, -0.25) is 9.59 Å². The number of likely N-dealkylation sites (N-methyl/N-ethyl adjacent to an activating group) is 1. The molecule has 0 radical (unpaired) electrons. The Hall–Kier alpha value is -2.73. The van der Waals surface area contributed by atoms with Crippen LogP contribution in [0.5, 0.6) is 11.5 Å². The summed E-state index contributed by atoms with van der Waals surface area (Å²) in [5.74, 6) is 0.459. The van der Waals surface area contributed by atoms with E-state index in [0.29, 0.717) is 22.2 Å². The molecule has 2 amide bonds. The molecule has 2 aromatic carbocycles. The third-order valence-corrected chi connectivity index (χ3v) is 4.81. The highest BCUT2D eigenvalue weighted by molar-refractivity contribution is 6.32. The van der Waals surface area contributed by atoms with Crippen LogP contribution in [-0.4, -0.2) is 49.6 Å². The van der Waals surface area contributed by atoms with Gasteiger partial charge in [0.1, 0.15) is 11.5 Å². The topological polar surface area (TPSA) is 59.1 Å². The standard InChI is InChI=1S/C21H23ClN2O4/c1-13-9-10-15(22)18(11-13)27-14(2)20(25)24-12-19(21(26)23(3)4)28-17-8-6-5-7-16(17)24/h5-11,14,19H,12H2,1-4H3/t14-,19-/m0/s1. The first-order valence-corrected chi connectivity index (χ1v) is 9.36. The SMILES string of the molecule is Cc1ccc(Cl)c(O[C@@H](C)C(=O)N2C[C@@H](C(=O)N(C)C)Oc3ccccc32)c1. The van der Waals surface area contributed by atoms with Crippen molar-refractivity contribution in [1.29, 1.82) is 0 Å². The normalized spacial score (nSPS) is 16.6. The first-order chi connectivity index (χ1) is 13.3. The molecule has 6 nitrogen and oxygen atoms in total. The summed E-state index contributed by atoms with van der Waals surface area (Å²) in [5, 5.41) is 0.438.